The molecule has 0 saturated carbocycles. The summed E-state index contributed by atoms with van der Waals surface area (Å²) < 4.78 is 4.90. The second kappa shape index (κ2) is 5.43. The Morgan fingerprint density at radius 3 is 2.62 bits per heavy atom. The number of carboxylic acids is 1. The molecule has 6 heteroatoms. The Hall–Kier alpha value is -0.910. The zero-order valence-electron chi connectivity index (χ0n) is 9.67. The average molecular weight is 247 g/mol. The van der Waals surface area contributed by atoms with Gasteiger partial charge >= 0.3 is 12.1 Å². The molecule has 0 aromatic carbocycles. The van der Waals surface area contributed by atoms with E-state index in [1.54, 1.807) is 6.92 Å². The zero-order valence-corrected chi connectivity index (χ0v) is 10.5. The van der Waals surface area contributed by atoms with Crippen LogP contribution in [0.15, 0.2) is 0 Å². The third kappa shape index (κ3) is 2.61. The Morgan fingerprint density at radius 2 is 2.19 bits per heavy atom. The van der Waals surface area contributed by atoms with Gasteiger partial charge in [-0.25, -0.2) is 9.59 Å². The molecule has 1 aliphatic heterocycles. The molecule has 1 saturated heterocycles. The molecular weight excluding hydrogens is 230 g/mol. The summed E-state index contributed by atoms with van der Waals surface area (Å²) in [6, 6.07) is -0.767. The molecule has 0 aromatic heterocycles. The van der Waals surface area contributed by atoms with Crippen molar-refractivity contribution in [2.24, 2.45) is 5.92 Å². The predicted octanol–water partition coefficient (Wildman–Crippen LogP) is 1.63. The lowest BCUT2D eigenvalue weighted by Gasteiger charge is -2.28. The highest BCUT2D eigenvalue weighted by molar-refractivity contribution is 8.00. The molecule has 1 rings (SSSR count). The lowest BCUT2D eigenvalue weighted by molar-refractivity contribution is -0.141. The number of hydrogen-bond donors (Lipinski definition) is 1. The Kier molecular flexibility index (Phi) is 4.46. The number of nitrogens with zero attached hydrogens (tertiary/aromatic N) is 1. The van der Waals surface area contributed by atoms with E-state index < -0.39 is 18.1 Å². The van der Waals surface area contributed by atoms with Crippen molar-refractivity contribution in [3.8, 4) is 0 Å². The topological polar surface area (TPSA) is 66.8 Å². The third-order valence-corrected chi connectivity index (χ3v) is 3.99. The van der Waals surface area contributed by atoms with Crippen molar-refractivity contribution in [3.63, 3.8) is 0 Å². The molecule has 0 bridgehead atoms. The highest BCUT2D eigenvalue weighted by Crippen LogP contribution is 2.34. The second-order valence-electron chi connectivity index (χ2n) is 3.93. The normalized spacial score (nSPS) is 24.9. The lowest BCUT2D eigenvalue weighted by atomic mass is 10.2. The van der Waals surface area contributed by atoms with E-state index in [0.717, 1.165) is 0 Å². The summed E-state index contributed by atoms with van der Waals surface area (Å²) in [6.07, 6.45) is -0.529. The highest BCUT2D eigenvalue weighted by Gasteiger charge is 2.43. The minimum Gasteiger partial charge on any atom is -0.480 e. The summed E-state index contributed by atoms with van der Waals surface area (Å²) in [4.78, 5) is 24.1. The van der Waals surface area contributed by atoms with Crippen molar-refractivity contribution in [3.05, 3.63) is 0 Å². The van der Waals surface area contributed by atoms with Crippen LogP contribution in [-0.2, 0) is 9.53 Å². The molecule has 2 unspecified atom stereocenters. The van der Waals surface area contributed by atoms with Gasteiger partial charge in [-0.15, -0.1) is 11.8 Å². The standard InChI is InChI=1S/C10H17NO4S/c1-4-15-10(14)11-7(9(12)13)5-16-8(11)6(2)3/h6-8H,4-5H2,1-3H3,(H,12,13). The number of carboxylic acid groups (broad SMARTS) is 1. The number of rotatable bonds is 3. The van der Waals surface area contributed by atoms with Gasteiger partial charge in [0.25, 0.3) is 0 Å². The van der Waals surface area contributed by atoms with Crippen molar-refractivity contribution >= 4 is 23.8 Å². The van der Waals surface area contributed by atoms with Crippen molar-refractivity contribution in [2.75, 3.05) is 12.4 Å². The molecule has 1 N–H and O–H groups in total. The average Bonchev–Trinajstić information content (AvgIpc) is 2.61. The van der Waals surface area contributed by atoms with E-state index in [9.17, 15) is 9.59 Å². The first-order chi connectivity index (χ1) is 7.49. The van der Waals surface area contributed by atoms with Gasteiger partial charge in [0.1, 0.15) is 6.04 Å². The van der Waals surface area contributed by atoms with Crippen molar-refractivity contribution in [2.45, 2.75) is 32.2 Å². The molecule has 1 heterocycles. The van der Waals surface area contributed by atoms with Gasteiger partial charge < -0.3 is 9.84 Å². The Balaban J connectivity index is 2.84. The van der Waals surface area contributed by atoms with Crippen LogP contribution < -0.4 is 0 Å². The number of hydrogen-bond acceptors (Lipinski definition) is 4. The molecule has 2 atom stereocenters. The first kappa shape index (κ1) is 13.2. The molecular formula is C10H17NO4S. The predicted molar refractivity (Wildman–Crippen MR) is 61.4 cm³/mol. The van der Waals surface area contributed by atoms with Gasteiger partial charge in [0, 0.05) is 5.75 Å². The molecule has 1 amide bonds. The minimum absolute atomic E-state index is 0.111. The largest absolute Gasteiger partial charge is 0.480 e. The van der Waals surface area contributed by atoms with Gasteiger partial charge in [-0.1, -0.05) is 13.8 Å². The van der Waals surface area contributed by atoms with Crippen LogP contribution >= 0.6 is 11.8 Å². The van der Waals surface area contributed by atoms with E-state index in [-0.39, 0.29) is 17.9 Å². The van der Waals surface area contributed by atoms with E-state index in [1.165, 1.54) is 16.7 Å². The summed E-state index contributed by atoms with van der Waals surface area (Å²) in [7, 11) is 0. The monoisotopic (exact) mass is 247 g/mol. The first-order valence-electron chi connectivity index (χ1n) is 5.28. The molecule has 5 nitrogen and oxygen atoms in total. The Morgan fingerprint density at radius 1 is 1.56 bits per heavy atom. The quantitative estimate of drug-likeness (QED) is 0.821. The van der Waals surface area contributed by atoms with Gasteiger partial charge in [-0.2, -0.15) is 0 Å². The first-order valence-corrected chi connectivity index (χ1v) is 6.33. The van der Waals surface area contributed by atoms with Gasteiger partial charge in [0.15, 0.2) is 0 Å². The number of carbonyl (C=O) groups excluding carboxylic acids is 1. The smallest absolute Gasteiger partial charge is 0.411 e. The molecule has 1 aliphatic rings. The third-order valence-electron chi connectivity index (χ3n) is 2.37. The lowest BCUT2D eigenvalue weighted by Crippen LogP contribution is -2.47. The summed E-state index contributed by atoms with van der Waals surface area (Å²) >= 11 is 1.49. The molecule has 1 fully saturated rings. The molecule has 0 spiro atoms. The van der Waals surface area contributed by atoms with Gasteiger partial charge in [0.05, 0.1) is 12.0 Å². The van der Waals surface area contributed by atoms with E-state index in [4.69, 9.17) is 9.84 Å². The second-order valence-corrected chi connectivity index (χ2v) is 5.08. The fraction of sp³-hybridized carbons (Fsp3) is 0.800. The van der Waals surface area contributed by atoms with Crippen LogP contribution in [0, 0.1) is 5.92 Å². The van der Waals surface area contributed by atoms with Crippen molar-refractivity contribution in [1.82, 2.24) is 4.90 Å². The van der Waals surface area contributed by atoms with Crippen LogP contribution in [0.25, 0.3) is 0 Å². The van der Waals surface area contributed by atoms with E-state index in [0.29, 0.717) is 5.75 Å². The van der Waals surface area contributed by atoms with Crippen LogP contribution in [0.2, 0.25) is 0 Å². The number of aliphatic carboxylic acids is 1. The molecule has 0 aromatic rings. The summed E-state index contributed by atoms with van der Waals surface area (Å²) in [5.41, 5.74) is 0. The van der Waals surface area contributed by atoms with Crippen LogP contribution in [-0.4, -0.2) is 45.8 Å². The van der Waals surface area contributed by atoms with Crippen LogP contribution in [0.5, 0.6) is 0 Å². The fourth-order valence-corrected chi connectivity index (χ4v) is 3.12. The van der Waals surface area contributed by atoms with Crippen molar-refractivity contribution < 1.29 is 19.4 Å². The highest BCUT2D eigenvalue weighted by atomic mass is 32.2. The minimum atomic E-state index is -0.969. The van der Waals surface area contributed by atoms with Crippen LogP contribution in [0.3, 0.4) is 0 Å². The molecule has 0 radical (unpaired) electrons. The number of carbonyl (C=O) groups is 2. The molecule has 16 heavy (non-hydrogen) atoms. The maximum atomic E-state index is 11.7. The number of ether oxygens (including phenoxy) is 1. The Bertz CT molecular complexity index is 282. The SMILES string of the molecule is CCOC(=O)N1C(C(=O)O)CSC1C(C)C. The zero-order chi connectivity index (χ0) is 12.3. The van der Waals surface area contributed by atoms with Gasteiger partial charge in [-0.3, -0.25) is 4.90 Å². The van der Waals surface area contributed by atoms with Crippen LogP contribution in [0.4, 0.5) is 4.79 Å². The summed E-state index contributed by atoms with van der Waals surface area (Å²) in [5.74, 6) is -0.334. The summed E-state index contributed by atoms with van der Waals surface area (Å²) in [6.45, 7) is 5.90. The number of amides is 1. The molecule has 92 valence electrons. The van der Waals surface area contributed by atoms with E-state index in [2.05, 4.69) is 0 Å². The van der Waals surface area contributed by atoms with E-state index in [1.807, 2.05) is 13.8 Å². The summed E-state index contributed by atoms with van der Waals surface area (Å²) in [5, 5.41) is 8.93. The van der Waals surface area contributed by atoms with Crippen LogP contribution in [0.1, 0.15) is 20.8 Å². The number of thioether (sulfide) groups is 1. The maximum absolute atomic E-state index is 11.7. The van der Waals surface area contributed by atoms with Gasteiger partial charge in [-0.05, 0) is 12.8 Å². The Labute approximate surface area is 99.1 Å². The van der Waals surface area contributed by atoms with Crippen molar-refractivity contribution in [1.29, 1.82) is 0 Å². The molecule has 0 aliphatic carbocycles. The maximum Gasteiger partial charge on any atom is 0.411 e. The van der Waals surface area contributed by atoms with E-state index >= 15 is 0 Å². The van der Waals surface area contributed by atoms with Gasteiger partial charge in [0.2, 0.25) is 0 Å². The fourth-order valence-electron chi connectivity index (χ4n) is 1.66.